The van der Waals surface area contributed by atoms with Gasteiger partial charge in [-0.1, -0.05) is 35.9 Å². The third-order valence-electron chi connectivity index (χ3n) is 16.2. The van der Waals surface area contributed by atoms with Crippen LogP contribution in [0, 0.1) is 6.92 Å². The van der Waals surface area contributed by atoms with Crippen molar-refractivity contribution in [3.63, 3.8) is 0 Å². The molecule has 0 N–H and O–H groups in total. The van der Waals surface area contributed by atoms with Crippen LogP contribution in [0.15, 0.2) is 394 Å². The summed E-state index contributed by atoms with van der Waals surface area (Å²) in [6.45, 7) is 2.08. The van der Waals surface area contributed by atoms with Crippen molar-refractivity contribution in [2.24, 2.45) is 0 Å². The molecule has 0 amide bonds. The number of benzene rings is 13. The quantitative estimate of drug-likeness (QED) is 0.0668. The van der Waals surface area contributed by atoms with Crippen molar-refractivity contribution in [2.75, 3.05) is 0 Å². The molecule has 0 unspecified atom stereocenters. The summed E-state index contributed by atoms with van der Waals surface area (Å²) < 4.78 is 0. The van der Waals surface area contributed by atoms with Gasteiger partial charge in [-0.3, -0.25) is 0 Å². The van der Waals surface area contributed by atoms with Crippen molar-refractivity contribution in [1.82, 2.24) is 0 Å². The molecule has 0 saturated heterocycles. The van der Waals surface area contributed by atoms with E-state index in [-0.39, 0.29) is 0 Å². The zero-order chi connectivity index (χ0) is 57.0. The summed E-state index contributed by atoms with van der Waals surface area (Å²) >= 11 is -4.52. The van der Waals surface area contributed by atoms with Crippen LogP contribution in [0.5, 0.6) is 0 Å². The van der Waals surface area contributed by atoms with Crippen LogP contribution in [-0.2, 0) is 13.6 Å². The van der Waals surface area contributed by atoms with Gasteiger partial charge in [-0.15, -0.1) is 0 Å². The first-order valence-corrected chi connectivity index (χ1v) is 45.6. The average Bonchev–Trinajstić information content (AvgIpc) is 0.627. The van der Waals surface area contributed by atoms with Crippen LogP contribution in [0.3, 0.4) is 0 Å². The molecule has 13 aromatic carbocycles. The second-order valence-corrected chi connectivity index (χ2v) is 71.6. The number of aryl methyl sites for hydroxylation is 1. The molecule has 0 aliphatic rings. The Labute approximate surface area is 502 Å². The van der Waals surface area contributed by atoms with Crippen LogP contribution in [0.1, 0.15) is 5.56 Å². The van der Waals surface area contributed by atoms with Gasteiger partial charge >= 0.3 is 463 Å². The molecule has 0 spiro atoms. The molecule has 13 aromatic rings. The van der Waals surface area contributed by atoms with Gasteiger partial charge in [0.25, 0.3) is 0 Å². The molecule has 84 heavy (non-hydrogen) atoms. The van der Waals surface area contributed by atoms with E-state index in [0.717, 1.165) is 0 Å². The normalized spacial score (nSPS) is 13.6. The molecule has 0 aliphatic carbocycles. The Bertz CT molecular complexity index is 3180. The fourth-order valence-corrected chi connectivity index (χ4v) is 176. The Morgan fingerprint density at radius 2 is 0.238 bits per heavy atom. The first-order chi connectivity index (χ1) is 41.7. The van der Waals surface area contributed by atoms with E-state index in [9.17, 15) is 0 Å². The van der Waals surface area contributed by atoms with E-state index in [1.54, 1.807) is 0 Å². The number of hydrogen-bond acceptors (Lipinski definition) is 0. The van der Waals surface area contributed by atoms with Crippen LogP contribution in [-0.4, -0.2) is 0 Å². The van der Waals surface area contributed by atoms with Gasteiger partial charge in [-0.25, -0.2) is 0 Å². The molecular formula is C79H72P4Pd. The molecule has 0 bridgehead atoms. The molecule has 0 radical (unpaired) electrons. The zero-order valence-corrected chi connectivity index (χ0v) is 52.9. The van der Waals surface area contributed by atoms with Gasteiger partial charge in [0.1, 0.15) is 0 Å². The van der Waals surface area contributed by atoms with E-state index in [4.69, 9.17) is 0 Å². The van der Waals surface area contributed by atoms with Gasteiger partial charge in [0, 0.05) is 0 Å². The molecule has 0 atom stereocenters. The van der Waals surface area contributed by atoms with Crippen molar-refractivity contribution < 1.29 is 13.6 Å². The fraction of sp³-hybridized carbons (Fsp3) is 0.0127. The van der Waals surface area contributed by atoms with Crippen LogP contribution < -0.4 is 63.7 Å². The Hall–Kier alpha value is -7.76. The van der Waals surface area contributed by atoms with E-state index in [2.05, 4.69) is 383 Å². The zero-order valence-electron chi connectivity index (χ0n) is 47.3. The van der Waals surface area contributed by atoms with E-state index >= 15 is 0 Å². The summed E-state index contributed by atoms with van der Waals surface area (Å²) in [5, 5.41) is 17.4. The predicted molar refractivity (Wildman–Crippen MR) is 377 cm³/mol. The van der Waals surface area contributed by atoms with Crippen molar-refractivity contribution >= 4 is 85.5 Å². The third-order valence-corrected chi connectivity index (χ3v) is 120. The fourth-order valence-electron chi connectivity index (χ4n) is 13.1. The summed E-state index contributed by atoms with van der Waals surface area (Å²) in [4.78, 5) is 0. The third kappa shape index (κ3) is 9.55. The maximum atomic E-state index is 2.59. The predicted octanol–water partition coefficient (Wildman–Crippen LogP) is 14.7. The number of hydrogen-bond donors (Lipinski definition) is 0. The topological polar surface area (TPSA) is 0 Å². The Kier molecular flexibility index (Phi) is 17.6. The monoisotopic (exact) mass is 1250 g/mol. The van der Waals surface area contributed by atoms with E-state index in [1.165, 1.54) is 69.2 Å². The maximum absolute atomic E-state index is 4.52. The van der Waals surface area contributed by atoms with E-state index in [1.807, 2.05) is 18.2 Å². The summed E-state index contributed by atoms with van der Waals surface area (Å²) in [5.41, 5.74) is -14.4. The summed E-state index contributed by atoms with van der Waals surface area (Å²) in [5.74, 6) is 0. The number of rotatable bonds is 16. The molecule has 418 valence electrons. The van der Waals surface area contributed by atoms with Crippen molar-refractivity contribution in [1.29, 1.82) is 0 Å². The molecule has 0 nitrogen and oxygen atoms in total. The Morgan fingerprint density at radius 1 is 0.143 bits per heavy atom. The minimum atomic E-state index is -4.52. The van der Waals surface area contributed by atoms with Crippen LogP contribution in [0.25, 0.3) is 0 Å². The summed E-state index contributed by atoms with van der Waals surface area (Å²) in [6, 6.07) is 156. The molecule has 5 heteroatoms. The molecular weight excluding hydrogens is 1180 g/mol. The Morgan fingerprint density at radius 3 is 0.321 bits per heavy atom. The first kappa shape index (κ1) is 56.7. The van der Waals surface area contributed by atoms with Crippen molar-refractivity contribution in [2.45, 2.75) is 6.92 Å². The molecule has 0 saturated carbocycles. The average molecular weight is 1250 g/mol. The Balaban J connectivity index is 0.000000925. The second kappa shape index (κ2) is 26.0. The van der Waals surface area contributed by atoms with Gasteiger partial charge in [-0.2, -0.15) is 0 Å². The second-order valence-electron chi connectivity index (χ2n) is 21.0. The summed E-state index contributed by atoms with van der Waals surface area (Å²) in [7, 11) is 0. The van der Waals surface area contributed by atoms with E-state index < -0.39 is 35.4 Å². The first-order valence-electron chi connectivity index (χ1n) is 29.0. The van der Waals surface area contributed by atoms with Crippen LogP contribution in [0.4, 0.5) is 0 Å². The van der Waals surface area contributed by atoms with Gasteiger partial charge in [0.2, 0.25) is 0 Å². The summed E-state index contributed by atoms with van der Waals surface area (Å²) in [6.07, 6.45) is 0. The molecule has 13 rings (SSSR count). The van der Waals surface area contributed by atoms with Gasteiger partial charge in [0.15, 0.2) is 0 Å². The van der Waals surface area contributed by atoms with Gasteiger partial charge in [0.05, 0.1) is 0 Å². The minimum absolute atomic E-state index is 1.32. The molecule has 0 heterocycles. The molecule has 0 fully saturated rings. The van der Waals surface area contributed by atoms with E-state index in [0.29, 0.717) is 0 Å². The molecule has 0 aromatic heterocycles. The van der Waals surface area contributed by atoms with Gasteiger partial charge in [-0.05, 0) is 6.92 Å². The van der Waals surface area contributed by atoms with Crippen molar-refractivity contribution in [3.8, 4) is 0 Å². The molecule has 0 aliphatic heterocycles. The van der Waals surface area contributed by atoms with Crippen LogP contribution in [0.2, 0.25) is 0 Å². The van der Waals surface area contributed by atoms with Crippen molar-refractivity contribution in [3.05, 3.63) is 400 Å². The van der Waals surface area contributed by atoms with Crippen LogP contribution >= 0.6 is 21.8 Å². The SMILES string of the molecule is Cc1ccccc1.c1ccc([PH](c2ccccc2)(c2ccccc2)[Pd]([PH](c2ccccc2)(c2ccccc2)c2ccccc2)([PH](c2ccccc2)(c2ccccc2)c2ccccc2)[PH](c2ccccc2)(c2ccccc2)c2ccccc2)cc1. The standard InChI is InChI=1S/4C18H15P.C7H8.Pd/c4*1-4-10-16(11-5-1)19(17-12-6-2-7-13-17)18-14-8-3-9-15-18;1-7-5-3-2-4-6-7;/h4*1-15H;2-6H,1H3;/q;;;;;-4/p+4. The van der Waals surface area contributed by atoms with Gasteiger partial charge < -0.3 is 0 Å².